The van der Waals surface area contributed by atoms with Gasteiger partial charge in [0.2, 0.25) is 0 Å². The van der Waals surface area contributed by atoms with E-state index in [1.165, 1.54) is 13.2 Å². The second-order valence-electron chi connectivity index (χ2n) is 3.17. The number of ether oxygens (including phenoxy) is 2. The molecule has 0 aliphatic carbocycles. The molecule has 0 aliphatic rings. The summed E-state index contributed by atoms with van der Waals surface area (Å²) in [7, 11) is 1.41. The van der Waals surface area contributed by atoms with Gasteiger partial charge < -0.3 is 14.8 Å². The van der Waals surface area contributed by atoms with Crippen molar-refractivity contribution in [1.82, 2.24) is 0 Å². The number of anilines is 1. The maximum atomic E-state index is 11.4. The van der Waals surface area contributed by atoms with Crippen LogP contribution >= 0.6 is 0 Å². The van der Waals surface area contributed by atoms with Gasteiger partial charge in [0, 0.05) is 0 Å². The summed E-state index contributed by atoms with van der Waals surface area (Å²) in [6.07, 6.45) is 0. The second kappa shape index (κ2) is 6.25. The van der Waals surface area contributed by atoms with Gasteiger partial charge in [-0.05, 0) is 19.1 Å². The van der Waals surface area contributed by atoms with E-state index in [1.807, 2.05) is 6.07 Å². The molecular formula is C12H12N2O4. The fourth-order valence-corrected chi connectivity index (χ4v) is 1.29. The minimum Gasteiger partial charge on any atom is -0.495 e. The van der Waals surface area contributed by atoms with Gasteiger partial charge in [-0.3, -0.25) is 4.79 Å². The molecule has 0 saturated carbocycles. The first-order chi connectivity index (χ1) is 8.63. The molecule has 1 rings (SSSR count). The summed E-state index contributed by atoms with van der Waals surface area (Å²) < 4.78 is 9.52. The number of nitrogens with zero attached hydrogens (tertiary/aromatic N) is 1. The Balaban J connectivity index is 2.95. The predicted octanol–water partition coefficient (Wildman–Crippen LogP) is 1.07. The average Bonchev–Trinajstić information content (AvgIpc) is 2.38. The second-order valence-corrected chi connectivity index (χ2v) is 3.17. The summed E-state index contributed by atoms with van der Waals surface area (Å²) in [6.45, 7) is 1.70. The number of methoxy groups -OCH3 is 1. The van der Waals surface area contributed by atoms with E-state index in [-0.39, 0.29) is 17.9 Å². The van der Waals surface area contributed by atoms with Crippen LogP contribution in [-0.2, 0) is 14.3 Å². The van der Waals surface area contributed by atoms with E-state index >= 15 is 0 Å². The Hall–Kier alpha value is -2.55. The smallest absolute Gasteiger partial charge is 0.397 e. The number of nitriles is 1. The molecule has 0 saturated heterocycles. The number of esters is 1. The Labute approximate surface area is 104 Å². The van der Waals surface area contributed by atoms with Gasteiger partial charge in [-0.2, -0.15) is 5.26 Å². The van der Waals surface area contributed by atoms with Crippen LogP contribution in [0.4, 0.5) is 5.69 Å². The van der Waals surface area contributed by atoms with Gasteiger partial charge >= 0.3 is 11.9 Å². The van der Waals surface area contributed by atoms with Gasteiger partial charge in [0.15, 0.2) is 0 Å². The van der Waals surface area contributed by atoms with E-state index < -0.39 is 11.9 Å². The number of carbonyl (C=O) groups is 2. The van der Waals surface area contributed by atoms with Crippen LogP contribution in [0.2, 0.25) is 0 Å². The number of benzene rings is 1. The molecule has 0 fully saturated rings. The van der Waals surface area contributed by atoms with E-state index in [9.17, 15) is 9.59 Å². The first-order valence-corrected chi connectivity index (χ1v) is 5.19. The Morgan fingerprint density at radius 3 is 2.72 bits per heavy atom. The fourth-order valence-electron chi connectivity index (χ4n) is 1.29. The first-order valence-electron chi connectivity index (χ1n) is 5.19. The molecule has 6 nitrogen and oxygen atoms in total. The largest absolute Gasteiger partial charge is 0.495 e. The molecule has 0 aliphatic heterocycles. The minimum atomic E-state index is -0.996. The molecule has 1 N–H and O–H groups in total. The lowest BCUT2D eigenvalue weighted by molar-refractivity contribution is -0.152. The summed E-state index contributed by atoms with van der Waals surface area (Å²) in [5.41, 5.74) is 0.354. The van der Waals surface area contributed by atoms with Crippen LogP contribution in [0.5, 0.6) is 5.75 Å². The van der Waals surface area contributed by atoms with Crippen molar-refractivity contribution in [3.8, 4) is 11.8 Å². The Kier molecular flexibility index (Phi) is 4.69. The molecule has 0 unspecified atom stereocenters. The average molecular weight is 248 g/mol. The highest BCUT2D eigenvalue weighted by atomic mass is 16.5. The minimum absolute atomic E-state index is 0.107. The van der Waals surface area contributed by atoms with Crippen LogP contribution in [0, 0.1) is 11.3 Å². The lowest BCUT2D eigenvalue weighted by Gasteiger charge is -2.09. The number of carbonyl (C=O) groups excluding carboxylic acids is 2. The van der Waals surface area contributed by atoms with E-state index in [0.29, 0.717) is 5.75 Å². The molecule has 0 radical (unpaired) electrons. The summed E-state index contributed by atoms with van der Waals surface area (Å²) in [5.74, 6) is -1.61. The Morgan fingerprint density at radius 2 is 2.17 bits per heavy atom. The Bertz CT molecular complexity index is 505. The van der Waals surface area contributed by atoms with Crippen molar-refractivity contribution in [2.24, 2.45) is 0 Å². The van der Waals surface area contributed by atoms with Crippen molar-refractivity contribution in [2.75, 3.05) is 19.0 Å². The van der Waals surface area contributed by atoms with Gasteiger partial charge in [0.25, 0.3) is 0 Å². The van der Waals surface area contributed by atoms with Crippen molar-refractivity contribution in [1.29, 1.82) is 5.26 Å². The third kappa shape index (κ3) is 2.98. The molecule has 1 aromatic rings. The maximum absolute atomic E-state index is 11.4. The van der Waals surface area contributed by atoms with Crippen molar-refractivity contribution in [2.45, 2.75) is 6.92 Å². The van der Waals surface area contributed by atoms with Crippen LogP contribution in [0.15, 0.2) is 18.2 Å². The quantitative estimate of drug-likeness (QED) is 0.638. The molecule has 0 heterocycles. The Morgan fingerprint density at radius 1 is 1.44 bits per heavy atom. The van der Waals surface area contributed by atoms with Crippen molar-refractivity contribution in [3.63, 3.8) is 0 Å². The molecule has 1 amide bonds. The topological polar surface area (TPSA) is 88.4 Å². The molecule has 1 aromatic carbocycles. The molecule has 0 atom stereocenters. The molecule has 0 aromatic heterocycles. The van der Waals surface area contributed by atoms with Gasteiger partial charge in [-0.1, -0.05) is 6.07 Å². The highest BCUT2D eigenvalue weighted by molar-refractivity contribution is 6.37. The van der Waals surface area contributed by atoms with E-state index in [0.717, 1.165) is 0 Å². The monoisotopic (exact) mass is 248 g/mol. The number of hydrogen-bond acceptors (Lipinski definition) is 5. The summed E-state index contributed by atoms with van der Waals surface area (Å²) in [6, 6.07) is 6.58. The number of hydrogen-bond donors (Lipinski definition) is 1. The van der Waals surface area contributed by atoms with Crippen molar-refractivity contribution in [3.05, 3.63) is 23.8 Å². The zero-order valence-corrected chi connectivity index (χ0v) is 10.0. The lowest BCUT2D eigenvalue weighted by Crippen LogP contribution is -2.25. The first kappa shape index (κ1) is 13.5. The molecule has 0 spiro atoms. The van der Waals surface area contributed by atoms with Crippen LogP contribution in [0.1, 0.15) is 12.5 Å². The molecular weight excluding hydrogens is 236 g/mol. The number of rotatable bonds is 3. The van der Waals surface area contributed by atoms with E-state index in [4.69, 9.17) is 10.00 Å². The standard InChI is InChI=1S/C12H12N2O4/c1-3-18-12(16)11(15)14-9-5-4-6-10(17-2)8(9)7-13/h4-6H,3H2,1-2H3,(H,14,15). The molecule has 0 bridgehead atoms. The number of nitrogens with one attached hydrogen (secondary N) is 1. The molecule has 18 heavy (non-hydrogen) atoms. The molecule has 94 valence electrons. The van der Waals surface area contributed by atoms with E-state index in [2.05, 4.69) is 10.1 Å². The van der Waals surface area contributed by atoms with Crippen molar-refractivity contribution < 1.29 is 19.1 Å². The molecule has 6 heteroatoms. The van der Waals surface area contributed by atoms with Gasteiger partial charge in [0.05, 0.1) is 19.4 Å². The predicted molar refractivity (Wildman–Crippen MR) is 63.0 cm³/mol. The van der Waals surface area contributed by atoms with Gasteiger partial charge in [-0.15, -0.1) is 0 Å². The zero-order chi connectivity index (χ0) is 13.5. The fraction of sp³-hybridized carbons (Fsp3) is 0.250. The van der Waals surface area contributed by atoms with Crippen LogP contribution < -0.4 is 10.1 Å². The van der Waals surface area contributed by atoms with Crippen LogP contribution in [0.3, 0.4) is 0 Å². The highest BCUT2D eigenvalue weighted by Gasteiger charge is 2.17. The van der Waals surface area contributed by atoms with Crippen LogP contribution in [0.25, 0.3) is 0 Å². The van der Waals surface area contributed by atoms with E-state index in [1.54, 1.807) is 19.1 Å². The summed E-state index contributed by atoms with van der Waals surface area (Å²) in [4.78, 5) is 22.6. The highest BCUT2D eigenvalue weighted by Crippen LogP contribution is 2.25. The van der Waals surface area contributed by atoms with Gasteiger partial charge in [-0.25, -0.2) is 4.79 Å². The maximum Gasteiger partial charge on any atom is 0.397 e. The van der Waals surface area contributed by atoms with Crippen LogP contribution in [-0.4, -0.2) is 25.6 Å². The zero-order valence-electron chi connectivity index (χ0n) is 10.0. The van der Waals surface area contributed by atoms with Crippen molar-refractivity contribution >= 4 is 17.6 Å². The normalized spacial score (nSPS) is 9.17. The SMILES string of the molecule is CCOC(=O)C(=O)Nc1cccc(OC)c1C#N. The summed E-state index contributed by atoms with van der Waals surface area (Å²) >= 11 is 0. The third-order valence-electron chi connectivity index (χ3n) is 2.07. The number of amides is 1. The lowest BCUT2D eigenvalue weighted by atomic mass is 10.1. The summed E-state index contributed by atoms with van der Waals surface area (Å²) in [5, 5.41) is 11.3. The third-order valence-corrected chi connectivity index (χ3v) is 2.07. The van der Waals surface area contributed by atoms with Gasteiger partial charge in [0.1, 0.15) is 17.4 Å².